The van der Waals surface area contributed by atoms with Crippen LogP contribution in [0.3, 0.4) is 0 Å². The van der Waals surface area contributed by atoms with Gasteiger partial charge in [-0.05, 0) is 6.07 Å². The van der Waals surface area contributed by atoms with Gasteiger partial charge in [0.1, 0.15) is 10.8 Å². The Bertz CT molecular complexity index is 832. The summed E-state index contributed by atoms with van der Waals surface area (Å²) in [5.74, 6) is 0.849. The molecule has 0 aliphatic carbocycles. The summed E-state index contributed by atoms with van der Waals surface area (Å²) in [6, 6.07) is 4.21. The molecule has 0 N–H and O–H groups in total. The zero-order valence-electron chi connectivity index (χ0n) is 10.3. The van der Waals surface area contributed by atoms with Gasteiger partial charge in [-0.2, -0.15) is 4.98 Å². The number of ether oxygens (including phenoxy) is 1. The second-order valence-corrected chi connectivity index (χ2v) is 5.87. The van der Waals surface area contributed by atoms with Crippen molar-refractivity contribution in [3.05, 3.63) is 50.6 Å². The molecule has 3 aromatic rings. The molecule has 0 saturated carbocycles. The Kier molecular flexibility index (Phi) is 3.83. The molecule has 2 heterocycles. The molecule has 1 aromatic carbocycles. The Labute approximate surface area is 136 Å². The van der Waals surface area contributed by atoms with Crippen LogP contribution in [0.5, 0.6) is 11.6 Å². The van der Waals surface area contributed by atoms with Crippen LogP contribution in [0.25, 0.3) is 4.96 Å². The Morgan fingerprint density at radius 1 is 1.52 bits per heavy atom. The molecule has 0 bridgehead atoms. The summed E-state index contributed by atoms with van der Waals surface area (Å²) in [5, 5.41) is 13.3. The minimum Gasteiger partial charge on any atom is -0.437 e. The Morgan fingerprint density at radius 2 is 2.33 bits per heavy atom. The number of nitrogens with zero attached hydrogens (tertiary/aromatic N) is 3. The van der Waals surface area contributed by atoms with Gasteiger partial charge in [0.2, 0.25) is 5.88 Å². The predicted octanol–water partition coefficient (Wildman–Crippen LogP) is 4.64. The lowest BCUT2D eigenvalue weighted by molar-refractivity contribution is -0.384. The molecule has 0 spiro atoms. The summed E-state index contributed by atoms with van der Waals surface area (Å²) >= 11 is 10.8. The van der Waals surface area contributed by atoms with Crippen molar-refractivity contribution in [2.45, 2.75) is 5.33 Å². The fourth-order valence-corrected chi connectivity index (χ4v) is 3.30. The summed E-state index contributed by atoms with van der Waals surface area (Å²) < 4.78 is 7.62. The highest BCUT2D eigenvalue weighted by molar-refractivity contribution is 9.08. The third kappa shape index (κ3) is 2.61. The SMILES string of the molecule is O=[N+]([O-])c1ccc(Oc2nc3sccn3c2CBr)cc1Cl. The molecule has 6 nitrogen and oxygen atoms in total. The average molecular weight is 389 g/mol. The smallest absolute Gasteiger partial charge is 0.288 e. The number of aromatic nitrogens is 2. The highest BCUT2D eigenvalue weighted by Gasteiger charge is 2.17. The number of benzene rings is 1. The lowest BCUT2D eigenvalue weighted by Crippen LogP contribution is -1.93. The van der Waals surface area contributed by atoms with Gasteiger partial charge >= 0.3 is 0 Å². The van der Waals surface area contributed by atoms with Gasteiger partial charge < -0.3 is 4.74 Å². The number of alkyl halides is 1. The molecule has 0 unspecified atom stereocenters. The summed E-state index contributed by atoms with van der Waals surface area (Å²) in [4.78, 5) is 15.4. The molecule has 9 heteroatoms. The monoisotopic (exact) mass is 387 g/mol. The molecule has 0 atom stereocenters. The van der Waals surface area contributed by atoms with Crippen molar-refractivity contribution in [2.24, 2.45) is 0 Å². The number of rotatable bonds is 4. The van der Waals surface area contributed by atoms with E-state index < -0.39 is 4.92 Å². The predicted molar refractivity (Wildman–Crippen MR) is 83.9 cm³/mol. The van der Waals surface area contributed by atoms with Crippen molar-refractivity contribution in [1.29, 1.82) is 0 Å². The van der Waals surface area contributed by atoms with Crippen LogP contribution in [-0.2, 0) is 5.33 Å². The second kappa shape index (κ2) is 5.63. The maximum absolute atomic E-state index is 10.7. The minimum absolute atomic E-state index is 0.0268. The molecule has 108 valence electrons. The van der Waals surface area contributed by atoms with E-state index in [9.17, 15) is 10.1 Å². The third-order valence-corrected chi connectivity index (χ3v) is 4.37. The quantitative estimate of drug-likeness (QED) is 0.371. The molecule has 3 rings (SSSR count). The lowest BCUT2D eigenvalue weighted by atomic mass is 10.3. The number of fused-ring (bicyclic) bond motifs is 1. The van der Waals surface area contributed by atoms with Gasteiger partial charge in [-0.1, -0.05) is 27.5 Å². The van der Waals surface area contributed by atoms with Crippen molar-refractivity contribution >= 4 is 49.5 Å². The van der Waals surface area contributed by atoms with Gasteiger partial charge in [0, 0.05) is 29.0 Å². The first-order valence-electron chi connectivity index (χ1n) is 5.72. The van der Waals surface area contributed by atoms with Gasteiger partial charge in [-0.3, -0.25) is 14.5 Å². The molecular formula is C12H7BrClN3O3S. The maximum atomic E-state index is 10.7. The average Bonchev–Trinajstić information content (AvgIpc) is 2.98. The first-order chi connectivity index (χ1) is 10.1. The number of nitro benzene ring substituents is 1. The fourth-order valence-electron chi connectivity index (χ4n) is 1.83. The highest BCUT2D eigenvalue weighted by Crippen LogP contribution is 2.33. The summed E-state index contributed by atoms with van der Waals surface area (Å²) in [7, 11) is 0. The number of thiazole rings is 1. The van der Waals surface area contributed by atoms with Gasteiger partial charge in [0.15, 0.2) is 4.96 Å². The first kappa shape index (κ1) is 14.3. The number of hydrogen-bond acceptors (Lipinski definition) is 5. The number of halogens is 2. The summed E-state index contributed by atoms with van der Waals surface area (Å²) in [6.45, 7) is 0. The van der Waals surface area contributed by atoms with E-state index in [-0.39, 0.29) is 10.7 Å². The number of nitro groups is 1. The zero-order chi connectivity index (χ0) is 15.0. The van der Waals surface area contributed by atoms with Gasteiger partial charge in [-0.25, -0.2) is 0 Å². The van der Waals surface area contributed by atoms with Crippen LogP contribution in [0.1, 0.15) is 5.69 Å². The van der Waals surface area contributed by atoms with Crippen molar-refractivity contribution < 1.29 is 9.66 Å². The van der Waals surface area contributed by atoms with Gasteiger partial charge in [0.25, 0.3) is 5.69 Å². The van der Waals surface area contributed by atoms with Crippen molar-refractivity contribution in [3.63, 3.8) is 0 Å². The summed E-state index contributed by atoms with van der Waals surface area (Å²) in [6.07, 6.45) is 1.90. The minimum atomic E-state index is -0.539. The lowest BCUT2D eigenvalue weighted by Gasteiger charge is -2.05. The van der Waals surface area contributed by atoms with Crippen LogP contribution in [0.2, 0.25) is 5.02 Å². The topological polar surface area (TPSA) is 69.7 Å². The standard InChI is InChI=1S/C12H7BrClN3O3S/c13-6-10-11(15-12-16(10)3-4-21-12)20-7-1-2-9(17(18)19)8(14)5-7/h1-5H,6H2. The van der Waals surface area contributed by atoms with Crippen molar-refractivity contribution in [1.82, 2.24) is 9.38 Å². The Balaban J connectivity index is 1.96. The number of hydrogen-bond donors (Lipinski definition) is 0. The van der Waals surface area contributed by atoms with E-state index in [1.807, 2.05) is 16.0 Å². The molecule has 0 aliphatic heterocycles. The second-order valence-electron chi connectivity index (χ2n) is 4.03. The largest absolute Gasteiger partial charge is 0.437 e. The van der Waals surface area contributed by atoms with E-state index in [0.717, 1.165) is 10.7 Å². The molecular weight excluding hydrogens is 382 g/mol. The zero-order valence-corrected chi connectivity index (χ0v) is 13.5. The Morgan fingerprint density at radius 3 is 3.00 bits per heavy atom. The van der Waals surface area contributed by atoms with Crippen LogP contribution in [-0.4, -0.2) is 14.3 Å². The van der Waals surface area contributed by atoms with E-state index in [1.54, 1.807) is 0 Å². The fraction of sp³-hybridized carbons (Fsp3) is 0.0833. The van der Waals surface area contributed by atoms with Crippen LogP contribution in [0.15, 0.2) is 29.8 Å². The molecule has 0 fully saturated rings. The van der Waals surface area contributed by atoms with Crippen molar-refractivity contribution in [2.75, 3.05) is 0 Å². The van der Waals surface area contributed by atoms with Gasteiger partial charge in [0.05, 0.1) is 10.6 Å². The van der Waals surface area contributed by atoms with E-state index >= 15 is 0 Å². The van der Waals surface area contributed by atoms with E-state index in [0.29, 0.717) is 17.0 Å². The van der Waals surface area contributed by atoms with Crippen LogP contribution in [0.4, 0.5) is 5.69 Å². The molecule has 21 heavy (non-hydrogen) atoms. The highest BCUT2D eigenvalue weighted by atomic mass is 79.9. The molecule has 2 aromatic heterocycles. The third-order valence-electron chi connectivity index (χ3n) is 2.78. The summed E-state index contributed by atoms with van der Waals surface area (Å²) in [5.41, 5.74) is 0.705. The number of imidazole rings is 1. The maximum Gasteiger partial charge on any atom is 0.288 e. The van der Waals surface area contributed by atoms with E-state index in [1.165, 1.54) is 29.5 Å². The molecule has 0 radical (unpaired) electrons. The molecule has 0 aliphatic rings. The van der Waals surface area contributed by atoms with Crippen molar-refractivity contribution in [3.8, 4) is 11.6 Å². The molecule has 0 saturated heterocycles. The van der Waals surface area contributed by atoms with Crippen LogP contribution in [0, 0.1) is 10.1 Å². The van der Waals surface area contributed by atoms with E-state index in [2.05, 4.69) is 20.9 Å². The van der Waals surface area contributed by atoms with Gasteiger partial charge in [-0.15, -0.1) is 11.3 Å². The Hall–Kier alpha value is -1.64. The normalized spacial score (nSPS) is 11.0. The molecule has 0 amide bonds. The van der Waals surface area contributed by atoms with Crippen LogP contribution < -0.4 is 4.74 Å². The first-order valence-corrected chi connectivity index (χ1v) is 8.10. The van der Waals surface area contributed by atoms with Crippen LogP contribution >= 0.6 is 38.9 Å². The van der Waals surface area contributed by atoms with E-state index in [4.69, 9.17) is 16.3 Å².